The minimum absolute atomic E-state index is 0.271. The van der Waals surface area contributed by atoms with Gasteiger partial charge in [-0.3, -0.25) is 9.13 Å². The molecule has 30 heavy (non-hydrogen) atoms. The summed E-state index contributed by atoms with van der Waals surface area (Å²) in [4.78, 5) is 13.0. The first-order valence-corrected chi connectivity index (χ1v) is 9.70. The number of hydrogen-bond acceptors (Lipinski definition) is 7. The van der Waals surface area contributed by atoms with Crippen LogP contribution < -0.4 is 4.74 Å². The highest BCUT2D eigenvalue weighted by Gasteiger charge is 2.26. The van der Waals surface area contributed by atoms with Gasteiger partial charge in [-0.15, -0.1) is 0 Å². The highest BCUT2D eigenvalue weighted by molar-refractivity contribution is 5.78. The van der Waals surface area contributed by atoms with Gasteiger partial charge in [0.25, 0.3) is 0 Å². The number of imidazole rings is 2. The van der Waals surface area contributed by atoms with Crippen LogP contribution in [0.2, 0.25) is 0 Å². The van der Waals surface area contributed by atoms with Gasteiger partial charge in [-0.25, -0.2) is 15.0 Å². The number of aromatic nitrogens is 5. The molecule has 1 fully saturated rings. The van der Waals surface area contributed by atoms with Gasteiger partial charge in [0.15, 0.2) is 0 Å². The lowest BCUT2D eigenvalue weighted by Crippen LogP contribution is -2.28. The van der Waals surface area contributed by atoms with Crippen molar-refractivity contribution >= 4 is 11.0 Å². The van der Waals surface area contributed by atoms with Crippen LogP contribution in [0.5, 0.6) is 5.75 Å². The van der Waals surface area contributed by atoms with E-state index >= 15 is 0 Å². The number of nitrogens with zero attached hydrogens (tertiary/aromatic N) is 5. The van der Waals surface area contributed by atoms with Crippen LogP contribution >= 0.6 is 0 Å². The number of rotatable bonds is 7. The van der Waals surface area contributed by atoms with E-state index in [9.17, 15) is 5.11 Å². The summed E-state index contributed by atoms with van der Waals surface area (Å²) in [6.07, 6.45) is 7.99. The molecule has 0 amide bonds. The van der Waals surface area contributed by atoms with E-state index in [4.69, 9.17) is 14.2 Å². The monoisotopic (exact) mass is 407 g/mol. The van der Waals surface area contributed by atoms with Gasteiger partial charge in [-0.05, 0) is 24.3 Å². The largest absolute Gasteiger partial charge is 0.491 e. The topological polar surface area (TPSA) is 96.5 Å². The second kappa shape index (κ2) is 8.23. The number of aliphatic hydroxyl groups is 1. The normalized spacial score (nSPS) is 18.8. The van der Waals surface area contributed by atoms with E-state index in [1.807, 2.05) is 45.7 Å². The lowest BCUT2D eigenvalue weighted by atomic mass is 10.3. The average Bonchev–Trinajstić information content (AvgIpc) is 3.53. The Bertz CT molecular complexity index is 1110. The zero-order valence-corrected chi connectivity index (χ0v) is 16.2. The third kappa shape index (κ3) is 3.78. The molecule has 0 radical (unpaired) electrons. The molecule has 9 nitrogen and oxygen atoms in total. The molecule has 0 spiro atoms. The highest BCUT2D eigenvalue weighted by atomic mass is 16.6. The summed E-state index contributed by atoms with van der Waals surface area (Å²) >= 11 is 0. The number of aliphatic hydroxyl groups excluding tert-OH is 1. The fraction of sp³-hybridized carbons (Fsp3) is 0.286. The smallest absolute Gasteiger partial charge is 0.140 e. The Morgan fingerprint density at radius 3 is 2.77 bits per heavy atom. The molecule has 0 bridgehead atoms. The van der Waals surface area contributed by atoms with Gasteiger partial charge in [0.05, 0.1) is 31.5 Å². The maximum Gasteiger partial charge on any atom is 0.140 e. The molecule has 3 aromatic heterocycles. The molecular weight excluding hydrogens is 386 g/mol. The van der Waals surface area contributed by atoms with Crippen molar-refractivity contribution in [2.24, 2.45) is 0 Å². The SMILES string of the molecule is OC1COCC1OCCOc1ccc(-n2cnc3cnc(-n4ccnc4)cc32)cc1. The minimum atomic E-state index is -0.557. The molecule has 154 valence electrons. The van der Waals surface area contributed by atoms with Gasteiger partial charge in [0.1, 0.15) is 48.6 Å². The van der Waals surface area contributed by atoms with Gasteiger partial charge in [-0.1, -0.05) is 0 Å². The van der Waals surface area contributed by atoms with Gasteiger partial charge < -0.3 is 19.3 Å². The fourth-order valence-corrected chi connectivity index (χ4v) is 3.39. The molecule has 2 unspecified atom stereocenters. The Kier molecular flexibility index (Phi) is 5.14. The Morgan fingerprint density at radius 2 is 2.00 bits per heavy atom. The number of pyridine rings is 1. The summed E-state index contributed by atoms with van der Waals surface area (Å²) < 4.78 is 20.3. The molecule has 5 rings (SSSR count). The zero-order chi connectivity index (χ0) is 20.3. The molecule has 1 aliphatic heterocycles. The maximum absolute atomic E-state index is 9.67. The third-order valence-electron chi connectivity index (χ3n) is 4.99. The predicted octanol–water partition coefficient (Wildman–Crippen LogP) is 1.76. The molecular formula is C21H21N5O4. The second-order valence-electron chi connectivity index (χ2n) is 6.97. The first-order chi connectivity index (χ1) is 14.8. The van der Waals surface area contributed by atoms with Crippen molar-refractivity contribution in [2.75, 3.05) is 26.4 Å². The van der Waals surface area contributed by atoms with Gasteiger partial charge >= 0.3 is 0 Å². The molecule has 0 saturated carbocycles. The van der Waals surface area contributed by atoms with E-state index in [1.165, 1.54) is 0 Å². The molecule has 1 aliphatic rings. The van der Waals surface area contributed by atoms with E-state index in [-0.39, 0.29) is 6.10 Å². The molecule has 4 aromatic rings. The molecule has 9 heteroatoms. The standard InChI is InChI=1S/C21H21N5O4/c27-19-11-28-12-20(19)30-8-7-29-16-3-1-15(2-4-16)26-14-24-17-10-23-21(9-18(17)26)25-6-5-22-13-25/h1-6,9-10,13-14,19-20,27H,7-8,11-12H2. The van der Waals surface area contributed by atoms with Crippen molar-refractivity contribution in [2.45, 2.75) is 12.2 Å². The fourth-order valence-electron chi connectivity index (χ4n) is 3.39. The minimum Gasteiger partial charge on any atom is -0.491 e. The van der Waals surface area contributed by atoms with Gasteiger partial charge in [-0.2, -0.15) is 0 Å². The highest BCUT2D eigenvalue weighted by Crippen LogP contribution is 2.22. The molecule has 2 atom stereocenters. The second-order valence-corrected chi connectivity index (χ2v) is 6.97. The molecule has 1 aromatic carbocycles. The van der Waals surface area contributed by atoms with Crippen LogP contribution in [0.1, 0.15) is 0 Å². The molecule has 1 N–H and O–H groups in total. The van der Waals surface area contributed by atoms with Gasteiger partial charge in [0.2, 0.25) is 0 Å². The van der Waals surface area contributed by atoms with Crippen molar-refractivity contribution in [1.29, 1.82) is 0 Å². The third-order valence-corrected chi connectivity index (χ3v) is 4.99. The quantitative estimate of drug-likeness (QED) is 0.466. The van der Waals surface area contributed by atoms with Gasteiger partial charge in [0, 0.05) is 24.1 Å². The number of ether oxygens (including phenoxy) is 3. The Morgan fingerprint density at radius 1 is 1.10 bits per heavy atom. The summed E-state index contributed by atoms with van der Waals surface area (Å²) in [7, 11) is 0. The van der Waals surface area contributed by atoms with E-state index in [2.05, 4.69) is 15.0 Å². The van der Waals surface area contributed by atoms with Crippen LogP contribution in [0.3, 0.4) is 0 Å². The Labute approximate surface area is 172 Å². The van der Waals surface area contributed by atoms with Crippen LogP contribution in [-0.4, -0.2) is 67.8 Å². The number of benzene rings is 1. The summed E-state index contributed by atoms with van der Waals surface area (Å²) in [5, 5.41) is 9.67. The van der Waals surface area contributed by atoms with Crippen molar-refractivity contribution in [3.05, 3.63) is 61.6 Å². The van der Waals surface area contributed by atoms with E-state index in [0.717, 1.165) is 28.3 Å². The van der Waals surface area contributed by atoms with Crippen LogP contribution in [-0.2, 0) is 9.47 Å². The lowest BCUT2D eigenvalue weighted by molar-refractivity contribution is -0.0196. The van der Waals surface area contributed by atoms with Crippen molar-refractivity contribution in [3.8, 4) is 17.3 Å². The summed E-state index contributed by atoms with van der Waals surface area (Å²) in [5.74, 6) is 1.52. The first kappa shape index (κ1) is 18.7. The molecule has 1 saturated heterocycles. The summed E-state index contributed by atoms with van der Waals surface area (Å²) in [6.45, 7) is 1.54. The lowest BCUT2D eigenvalue weighted by Gasteiger charge is -2.14. The van der Waals surface area contributed by atoms with E-state index < -0.39 is 6.10 Å². The molecule has 0 aliphatic carbocycles. The van der Waals surface area contributed by atoms with Crippen molar-refractivity contribution in [3.63, 3.8) is 0 Å². The Balaban J connectivity index is 1.26. The summed E-state index contributed by atoms with van der Waals surface area (Å²) in [6, 6.07) is 9.75. The van der Waals surface area contributed by atoms with Crippen LogP contribution in [0.25, 0.3) is 22.5 Å². The van der Waals surface area contributed by atoms with Crippen LogP contribution in [0, 0.1) is 0 Å². The molecule has 4 heterocycles. The van der Waals surface area contributed by atoms with E-state index in [1.54, 1.807) is 25.0 Å². The summed E-state index contributed by atoms with van der Waals surface area (Å²) in [5.41, 5.74) is 2.73. The maximum atomic E-state index is 9.67. The van der Waals surface area contributed by atoms with Crippen molar-refractivity contribution in [1.82, 2.24) is 24.1 Å². The first-order valence-electron chi connectivity index (χ1n) is 9.70. The average molecular weight is 407 g/mol. The van der Waals surface area contributed by atoms with Crippen LogP contribution in [0.15, 0.2) is 61.6 Å². The van der Waals surface area contributed by atoms with Crippen LogP contribution in [0.4, 0.5) is 0 Å². The number of hydrogen-bond donors (Lipinski definition) is 1. The van der Waals surface area contributed by atoms with E-state index in [0.29, 0.717) is 26.4 Å². The zero-order valence-electron chi connectivity index (χ0n) is 16.2. The van der Waals surface area contributed by atoms with Crippen molar-refractivity contribution < 1.29 is 19.3 Å². The number of fused-ring (bicyclic) bond motifs is 1. The Hall–Kier alpha value is -3.27. The predicted molar refractivity (Wildman–Crippen MR) is 108 cm³/mol.